The van der Waals surface area contributed by atoms with E-state index in [1.165, 1.54) is 22.3 Å². The molecule has 44 heavy (non-hydrogen) atoms. The lowest BCUT2D eigenvalue weighted by Crippen LogP contribution is -2.38. The smallest absolute Gasteiger partial charge is 0.317 e. The van der Waals surface area contributed by atoms with Gasteiger partial charge in [0.05, 0.1) is 25.1 Å². The number of hydrogen-bond donors (Lipinski definition) is 2. The summed E-state index contributed by atoms with van der Waals surface area (Å²) in [6, 6.07) is 10.1. The van der Waals surface area contributed by atoms with Crippen molar-refractivity contribution < 1.29 is 23.9 Å². The fraction of sp³-hybridized carbons (Fsp3) is 0.344. The number of aliphatic carboxylic acids is 1. The summed E-state index contributed by atoms with van der Waals surface area (Å²) in [6.07, 6.45) is 6.73. The first kappa shape index (κ1) is 28.4. The van der Waals surface area contributed by atoms with Gasteiger partial charge in [0.2, 0.25) is 0 Å². The number of hydrogen-bond acceptors (Lipinski definition) is 7. The number of nitrogens with one attached hydrogen (secondary N) is 1. The molecule has 2 aromatic heterocycles. The van der Waals surface area contributed by atoms with Gasteiger partial charge in [-0.1, -0.05) is 24.3 Å². The highest BCUT2D eigenvalue weighted by Crippen LogP contribution is 2.38. The Kier molecular flexibility index (Phi) is 7.47. The number of anilines is 1. The Labute approximate surface area is 257 Å². The molecule has 1 atom stereocenters. The SMILES string of the molecule is O=C(O)CN1CCC(c2ccc(-c3cc(F)c4c(c3)C(=O)N([C@@H](C(=O)Nc3nccs3)c3ncn5c3CCC5)C4)cc2)CC1. The number of aromatic nitrogens is 3. The number of carbonyl (C=O) groups is 3. The molecular weight excluding hydrogens is 583 g/mol. The van der Waals surface area contributed by atoms with Crippen molar-refractivity contribution in [2.24, 2.45) is 0 Å². The molecule has 0 unspecified atom stereocenters. The van der Waals surface area contributed by atoms with Gasteiger partial charge in [-0.25, -0.2) is 14.4 Å². The van der Waals surface area contributed by atoms with E-state index in [2.05, 4.69) is 15.3 Å². The topological polar surface area (TPSA) is 121 Å². The van der Waals surface area contributed by atoms with Crippen LogP contribution in [0.4, 0.5) is 9.52 Å². The molecule has 1 fully saturated rings. The fourth-order valence-corrected chi connectivity index (χ4v) is 7.26. The van der Waals surface area contributed by atoms with E-state index in [1.54, 1.807) is 24.0 Å². The molecule has 3 aliphatic heterocycles. The van der Waals surface area contributed by atoms with Crippen LogP contribution in [0.25, 0.3) is 11.1 Å². The van der Waals surface area contributed by atoms with Crippen LogP contribution in [0.2, 0.25) is 0 Å². The van der Waals surface area contributed by atoms with E-state index in [-0.39, 0.29) is 24.2 Å². The minimum absolute atomic E-state index is 0.0396. The van der Waals surface area contributed by atoms with E-state index < -0.39 is 29.6 Å². The Morgan fingerprint density at radius 3 is 2.61 bits per heavy atom. The van der Waals surface area contributed by atoms with Crippen molar-refractivity contribution in [3.8, 4) is 11.1 Å². The van der Waals surface area contributed by atoms with E-state index in [4.69, 9.17) is 5.11 Å². The number of piperidine rings is 1. The summed E-state index contributed by atoms with van der Waals surface area (Å²) in [5.74, 6) is -1.81. The van der Waals surface area contributed by atoms with E-state index in [0.29, 0.717) is 22.3 Å². The highest BCUT2D eigenvalue weighted by molar-refractivity contribution is 7.13. The molecule has 12 heteroatoms. The van der Waals surface area contributed by atoms with Gasteiger partial charge in [-0.15, -0.1) is 11.3 Å². The van der Waals surface area contributed by atoms with Gasteiger partial charge in [0.25, 0.3) is 11.8 Å². The summed E-state index contributed by atoms with van der Waals surface area (Å²) in [5.41, 5.74) is 4.49. The van der Waals surface area contributed by atoms with Crippen molar-refractivity contribution >= 4 is 34.3 Å². The fourth-order valence-electron chi connectivity index (χ4n) is 6.73. The van der Waals surface area contributed by atoms with Crippen molar-refractivity contribution in [1.82, 2.24) is 24.3 Å². The molecule has 3 aliphatic rings. The van der Waals surface area contributed by atoms with Gasteiger partial charge in [-0.2, -0.15) is 0 Å². The van der Waals surface area contributed by atoms with E-state index in [9.17, 15) is 14.4 Å². The molecule has 4 aromatic rings. The van der Waals surface area contributed by atoms with Crippen LogP contribution < -0.4 is 5.32 Å². The van der Waals surface area contributed by atoms with E-state index >= 15 is 4.39 Å². The predicted octanol–water partition coefficient (Wildman–Crippen LogP) is 4.69. The van der Waals surface area contributed by atoms with Crippen LogP contribution in [0.5, 0.6) is 0 Å². The first-order valence-electron chi connectivity index (χ1n) is 14.8. The largest absolute Gasteiger partial charge is 0.480 e. The Morgan fingerprint density at radius 1 is 1.09 bits per heavy atom. The maximum Gasteiger partial charge on any atom is 0.317 e. The minimum Gasteiger partial charge on any atom is -0.480 e. The van der Waals surface area contributed by atoms with Gasteiger partial charge >= 0.3 is 5.97 Å². The van der Waals surface area contributed by atoms with Crippen LogP contribution >= 0.6 is 11.3 Å². The maximum atomic E-state index is 15.7. The van der Waals surface area contributed by atoms with E-state index in [1.807, 2.05) is 33.7 Å². The van der Waals surface area contributed by atoms with Crippen molar-refractivity contribution in [3.05, 3.63) is 88.2 Å². The van der Waals surface area contributed by atoms with Crippen LogP contribution in [0, 0.1) is 5.82 Å². The summed E-state index contributed by atoms with van der Waals surface area (Å²) in [7, 11) is 0. The lowest BCUT2D eigenvalue weighted by Gasteiger charge is -2.31. The number of imidazole rings is 1. The van der Waals surface area contributed by atoms with Gasteiger partial charge in [0.15, 0.2) is 11.2 Å². The first-order valence-corrected chi connectivity index (χ1v) is 15.7. The summed E-state index contributed by atoms with van der Waals surface area (Å²) >= 11 is 1.28. The second-order valence-electron chi connectivity index (χ2n) is 11.6. The van der Waals surface area contributed by atoms with Crippen LogP contribution in [0.15, 0.2) is 54.3 Å². The van der Waals surface area contributed by atoms with Crippen molar-refractivity contribution in [1.29, 1.82) is 0 Å². The second kappa shape index (κ2) is 11.6. The monoisotopic (exact) mass is 614 g/mol. The number of carboxylic acids is 1. The summed E-state index contributed by atoms with van der Waals surface area (Å²) in [5, 5.41) is 14.1. The number of carboxylic acid groups (broad SMARTS) is 1. The molecule has 2 N–H and O–H groups in total. The number of carbonyl (C=O) groups excluding carboxylic acids is 2. The van der Waals surface area contributed by atoms with Crippen LogP contribution in [-0.2, 0) is 29.1 Å². The third-order valence-electron chi connectivity index (χ3n) is 8.95. The second-order valence-corrected chi connectivity index (χ2v) is 12.5. The number of likely N-dealkylation sites (tertiary alicyclic amines) is 1. The summed E-state index contributed by atoms with van der Waals surface area (Å²) in [6.45, 7) is 2.30. The van der Waals surface area contributed by atoms with Gasteiger partial charge in [0.1, 0.15) is 5.82 Å². The first-order chi connectivity index (χ1) is 21.4. The molecule has 0 radical (unpaired) electrons. The Balaban J connectivity index is 1.14. The third-order valence-corrected chi connectivity index (χ3v) is 9.64. The molecule has 226 valence electrons. The van der Waals surface area contributed by atoms with Gasteiger partial charge < -0.3 is 14.6 Å². The standard InChI is InChI=1S/C32H31FN6O4S/c33-25-15-22(20-5-3-19(4-6-20)21-7-11-37(12-8-21)17-27(40)41)14-23-24(25)16-39(31(23)43)29(30(42)36-32-34-9-13-44-32)28-26-2-1-10-38(26)18-35-28/h3-6,9,13-15,18,21,29H,1-2,7-8,10-12,16-17H2,(H,40,41)(H,34,36,42)/t29-/m1/s1. The Morgan fingerprint density at radius 2 is 1.89 bits per heavy atom. The van der Waals surface area contributed by atoms with E-state index in [0.717, 1.165) is 62.1 Å². The molecule has 5 heterocycles. The Hall–Kier alpha value is -4.42. The van der Waals surface area contributed by atoms with Crippen molar-refractivity contribution in [3.63, 3.8) is 0 Å². The number of amides is 2. The van der Waals surface area contributed by atoms with Crippen LogP contribution in [0.1, 0.15) is 64.1 Å². The molecule has 0 spiro atoms. The third kappa shape index (κ3) is 5.28. The quantitative estimate of drug-likeness (QED) is 0.295. The molecule has 0 aliphatic carbocycles. The Bertz CT molecular complexity index is 1730. The molecule has 1 saturated heterocycles. The number of thiazole rings is 1. The molecular formula is C32H31FN6O4S. The maximum absolute atomic E-state index is 15.7. The minimum atomic E-state index is -1.03. The van der Waals surface area contributed by atoms with Gasteiger partial charge in [-0.05, 0) is 73.5 Å². The number of fused-ring (bicyclic) bond motifs is 2. The summed E-state index contributed by atoms with van der Waals surface area (Å²) < 4.78 is 17.7. The van der Waals surface area contributed by atoms with Crippen molar-refractivity contribution in [2.75, 3.05) is 25.0 Å². The number of halogens is 1. The zero-order chi connectivity index (χ0) is 30.4. The highest BCUT2D eigenvalue weighted by Gasteiger charge is 2.42. The van der Waals surface area contributed by atoms with Crippen molar-refractivity contribution in [2.45, 2.75) is 50.7 Å². The van der Waals surface area contributed by atoms with Crippen LogP contribution in [-0.4, -0.2) is 66.9 Å². The zero-order valence-electron chi connectivity index (χ0n) is 23.9. The molecule has 2 aromatic carbocycles. The van der Waals surface area contributed by atoms with Gasteiger partial charge in [-0.3, -0.25) is 24.6 Å². The lowest BCUT2D eigenvalue weighted by molar-refractivity contribution is -0.138. The lowest BCUT2D eigenvalue weighted by atomic mass is 9.88. The number of benzene rings is 2. The normalized spacial score (nSPS) is 17.5. The average Bonchev–Trinajstić information content (AvgIpc) is 3.82. The molecule has 7 rings (SSSR count). The predicted molar refractivity (Wildman–Crippen MR) is 162 cm³/mol. The summed E-state index contributed by atoms with van der Waals surface area (Å²) in [4.78, 5) is 50.7. The zero-order valence-corrected chi connectivity index (χ0v) is 24.7. The molecule has 0 saturated carbocycles. The molecule has 10 nitrogen and oxygen atoms in total. The van der Waals surface area contributed by atoms with Gasteiger partial charge in [0, 0.05) is 34.9 Å². The average molecular weight is 615 g/mol. The number of rotatable bonds is 8. The van der Waals surface area contributed by atoms with Crippen LogP contribution in [0.3, 0.4) is 0 Å². The number of nitrogens with zero attached hydrogens (tertiary/aromatic N) is 5. The molecule has 0 bridgehead atoms. The highest BCUT2D eigenvalue weighted by atomic mass is 32.1. The molecule has 2 amide bonds. The number of aryl methyl sites for hydroxylation is 1.